The highest BCUT2D eigenvalue weighted by molar-refractivity contribution is 6.06. The first-order valence-corrected chi connectivity index (χ1v) is 14.6. The van der Waals surface area contributed by atoms with E-state index in [9.17, 15) is 14.4 Å². The lowest BCUT2D eigenvalue weighted by molar-refractivity contribution is -0.166. The van der Waals surface area contributed by atoms with Gasteiger partial charge in [-0.2, -0.15) is 0 Å². The number of esters is 2. The molecule has 0 aliphatic carbocycles. The number of hydrogen-bond acceptors (Lipinski definition) is 8. The molecule has 0 fully saturated rings. The van der Waals surface area contributed by atoms with Gasteiger partial charge >= 0.3 is 11.9 Å². The Labute approximate surface area is 263 Å². The van der Waals surface area contributed by atoms with E-state index in [4.69, 9.17) is 23.7 Å². The fraction of sp³-hybridized carbons (Fsp3) is 0.270. The van der Waals surface area contributed by atoms with E-state index in [-0.39, 0.29) is 12.2 Å². The van der Waals surface area contributed by atoms with Gasteiger partial charge in [0.25, 0.3) is 0 Å². The molecule has 0 heterocycles. The van der Waals surface area contributed by atoms with Gasteiger partial charge in [0, 0.05) is 11.1 Å². The lowest BCUT2D eigenvalue weighted by Gasteiger charge is -2.19. The third-order valence-electron chi connectivity index (χ3n) is 7.66. The third-order valence-corrected chi connectivity index (χ3v) is 7.66. The van der Waals surface area contributed by atoms with Crippen LogP contribution in [0.25, 0.3) is 0 Å². The Kier molecular flexibility index (Phi) is 11.0. The minimum Gasteiger partial charge on any atom is -0.493 e. The number of ketones is 1. The Bertz CT molecular complexity index is 1650. The van der Waals surface area contributed by atoms with Crippen LogP contribution in [0.15, 0.2) is 78.9 Å². The lowest BCUT2D eigenvalue weighted by Crippen LogP contribution is -2.22. The number of Topliss-reactive ketones (excluding diaryl/α,β-unsaturated/α-hetero) is 1. The monoisotopic (exact) mass is 610 g/mol. The molecule has 1 atom stereocenters. The van der Waals surface area contributed by atoms with E-state index in [2.05, 4.69) is 0 Å². The molecule has 1 unspecified atom stereocenters. The number of carbonyl (C=O) groups excluding carboxylic acids is 3. The maximum Gasteiger partial charge on any atom is 0.351 e. The van der Waals surface area contributed by atoms with Crippen molar-refractivity contribution in [2.75, 3.05) is 14.2 Å². The summed E-state index contributed by atoms with van der Waals surface area (Å²) in [6, 6.07) is 23.4. The Morgan fingerprint density at radius 2 is 1.24 bits per heavy atom. The molecule has 0 aliphatic heterocycles. The van der Waals surface area contributed by atoms with Crippen LogP contribution in [0.1, 0.15) is 61.8 Å². The minimum atomic E-state index is -1.42. The number of ether oxygens (including phenoxy) is 5. The quantitative estimate of drug-likeness (QED) is 0.0897. The highest BCUT2D eigenvalue weighted by atomic mass is 16.6. The topological polar surface area (TPSA) is 97.4 Å². The van der Waals surface area contributed by atoms with Gasteiger partial charge in [-0.1, -0.05) is 54.6 Å². The normalized spacial score (nSPS) is 11.3. The second-order valence-corrected chi connectivity index (χ2v) is 10.7. The molecule has 4 aromatic rings. The molecule has 45 heavy (non-hydrogen) atoms. The Hall–Kier alpha value is -5.11. The van der Waals surface area contributed by atoms with Crippen LogP contribution in [0.3, 0.4) is 0 Å². The molecule has 8 heteroatoms. The average Bonchev–Trinajstić information content (AvgIpc) is 3.03. The molecule has 4 aromatic carbocycles. The number of carbonyl (C=O) groups is 3. The van der Waals surface area contributed by atoms with Crippen molar-refractivity contribution in [3.8, 4) is 17.2 Å². The summed E-state index contributed by atoms with van der Waals surface area (Å²) >= 11 is 0. The molecule has 0 aromatic heterocycles. The average molecular weight is 611 g/mol. The predicted octanol–water partition coefficient (Wildman–Crippen LogP) is 7.12. The van der Waals surface area contributed by atoms with Gasteiger partial charge in [-0.25, -0.2) is 4.79 Å². The Morgan fingerprint density at radius 3 is 1.82 bits per heavy atom. The standard InChI is InChI=1S/C37H38O8/c1-23-10-7-11-24(2)30(23)21-43-29-15-9-14-27(18-29)32(38)20-35(39)45-36(37(40)42-6)28-16-17-33(41-5)34(19-28)44-22-31-25(3)12-8-13-26(31)4/h7-19,36H,20-22H2,1-6H3. The van der Waals surface area contributed by atoms with Crippen LogP contribution in [-0.4, -0.2) is 31.9 Å². The van der Waals surface area contributed by atoms with Gasteiger partial charge in [-0.3, -0.25) is 9.59 Å². The molecular formula is C37H38O8. The van der Waals surface area contributed by atoms with Crippen LogP contribution in [0.5, 0.6) is 17.2 Å². The second-order valence-electron chi connectivity index (χ2n) is 10.7. The summed E-state index contributed by atoms with van der Waals surface area (Å²) in [5.41, 5.74) is 7.07. The minimum absolute atomic E-state index is 0.267. The van der Waals surface area contributed by atoms with Crippen molar-refractivity contribution in [1.82, 2.24) is 0 Å². The van der Waals surface area contributed by atoms with E-state index in [1.165, 1.54) is 14.2 Å². The van der Waals surface area contributed by atoms with Crippen LogP contribution in [0, 0.1) is 27.7 Å². The van der Waals surface area contributed by atoms with E-state index in [0.717, 1.165) is 33.4 Å². The molecule has 0 bridgehead atoms. The fourth-order valence-corrected chi connectivity index (χ4v) is 4.95. The van der Waals surface area contributed by atoms with Crippen molar-refractivity contribution in [2.24, 2.45) is 0 Å². The van der Waals surface area contributed by atoms with Crippen LogP contribution in [0.2, 0.25) is 0 Å². The van der Waals surface area contributed by atoms with Gasteiger partial charge in [-0.15, -0.1) is 0 Å². The van der Waals surface area contributed by atoms with E-state index >= 15 is 0 Å². The smallest absolute Gasteiger partial charge is 0.351 e. The molecule has 0 aliphatic rings. The summed E-state index contributed by atoms with van der Waals surface area (Å²) < 4.78 is 27.9. The van der Waals surface area contributed by atoms with Crippen molar-refractivity contribution in [3.63, 3.8) is 0 Å². The van der Waals surface area contributed by atoms with Crippen molar-refractivity contribution in [1.29, 1.82) is 0 Å². The number of hydrogen-bond donors (Lipinski definition) is 0. The maximum atomic E-state index is 13.1. The summed E-state index contributed by atoms with van der Waals surface area (Å²) in [5.74, 6) is -0.870. The van der Waals surface area contributed by atoms with Crippen LogP contribution >= 0.6 is 0 Å². The van der Waals surface area contributed by atoms with E-state index < -0.39 is 30.2 Å². The van der Waals surface area contributed by atoms with Gasteiger partial charge in [0.1, 0.15) is 25.4 Å². The first kappa shape index (κ1) is 32.8. The van der Waals surface area contributed by atoms with E-state index in [0.29, 0.717) is 29.4 Å². The molecule has 234 valence electrons. The van der Waals surface area contributed by atoms with Crippen LogP contribution in [0.4, 0.5) is 0 Å². The van der Waals surface area contributed by atoms with Gasteiger partial charge < -0.3 is 23.7 Å². The van der Waals surface area contributed by atoms with E-state index in [1.807, 2.05) is 64.1 Å². The first-order chi connectivity index (χ1) is 21.6. The van der Waals surface area contributed by atoms with Gasteiger partial charge in [0.2, 0.25) is 6.10 Å². The zero-order chi connectivity index (χ0) is 32.5. The lowest BCUT2D eigenvalue weighted by atomic mass is 10.0. The molecular weight excluding hydrogens is 572 g/mol. The van der Waals surface area contributed by atoms with Gasteiger partial charge in [0.05, 0.1) is 14.2 Å². The molecule has 0 saturated heterocycles. The zero-order valence-electron chi connectivity index (χ0n) is 26.5. The summed E-state index contributed by atoms with van der Waals surface area (Å²) in [6.45, 7) is 8.65. The molecule has 0 saturated carbocycles. The molecule has 0 N–H and O–H groups in total. The number of methoxy groups -OCH3 is 2. The fourth-order valence-electron chi connectivity index (χ4n) is 4.95. The molecule has 0 radical (unpaired) electrons. The summed E-state index contributed by atoms with van der Waals surface area (Å²) in [6.07, 6.45) is -2.00. The number of benzene rings is 4. The third kappa shape index (κ3) is 8.29. The van der Waals surface area contributed by atoms with Gasteiger partial charge in [-0.05, 0) is 85.3 Å². The van der Waals surface area contributed by atoms with Crippen molar-refractivity contribution >= 4 is 17.7 Å². The van der Waals surface area contributed by atoms with Crippen molar-refractivity contribution in [3.05, 3.63) is 123 Å². The van der Waals surface area contributed by atoms with Crippen LogP contribution in [-0.2, 0) is 32.3 Å². The highest BCUT2D eigenvalue weighted by Gasteiger charge is 2.28. The summed E-state index contributed by atoms with van der Waals surface area (Å²) in [7, 11) is 2.70. The number of aryl methyl sites for hydroxylation is 4. The maximum absolute atomic E-state index is 13.1. The molecule has 4 rings (SSSR count). The molecule has 8 nitrogen and oxygen atoms in total. The second kappa shape index (κ2) is 15.1. The summed E-state index contributed by atoms with van der Waals surface area (Å²) in [5, 5.41) is 0. The van der Waals surface area contributed by atoms with Gasteiger partial charge in [0.15, 0.2) is 17.3 Å². The van der Waals surface area contributed by atoms with Crippen LogP contribution < -0.4 is 14.2 Å². The Balaban J connectivity index is 1.46. The highest BCUT2D eigenvalue weighted by Crippen LogP contribution is 2.33. The summed E-state index contributed by atoms with van der Waals surface area (Å²) in [4.78, 5) is 38.8. The largest absolute Gasteiger partial charge is 0.493 e. The SMILES string of the molecule is COC(=O)C(OC(=O)CC(=O)c1cccc(OCc2c(C)cccc2C)c1)c1ccc(OC)c(OCc2c(C)cccc2C)c1. The van der Waals surface area contributed by atoms with Crippen molar-refractivity contribution < 1.29 is 38.1 Å². The predicted molar refractivity (Wildman–Crippen MR) is 170 cm³/mol. The Morgan fingerprint density at radius 1 is 0.667 bits per heavy atom. The van der Waals surface area contributed by atoms with E-state index in [1.54, 1.807) is 42.5 Å². The zero-order valence-corrected chi connectivity index (χ0v) is 26.5. The molecule has 0 amide bonds. The first-order valence-electron chi connectivity index (χ1n) is 14.6. The van der Waals surface area contributed by atoms with Crippen molar-refractivity contribution in [2.45, 2.75) is 53.4 Å². The molecule has 0 spiro atoms. The number of rotatable bonds is 13.